The van der Waals surface area contributed by atoms with Crippen LogP contribution in [0, 0.1) is 11.8 Å². The zero-order valence-electron chi connectivity index (χ0n) is 16.4. The van der Waals surface area contributed by atoms with Crippen LogP contribution in [0.4, 0.5) is 0 Å². The molecule has 3 rings (SSSR count). The second-order valence-electron chi connectivity index (χ2n) is 7.91. The summed E-state index contributed by atoms with van der Waals surface area (Å²) in [4.78, 5) is 18.2. The van der Waals surface area contributed by atoms with Gasteiger partial charge in [-0.2, -0.15) is 0 Å². The third-order valence-corrected chi connectivity index (χ3v) is 5.15. The van der Waals surface area contributed by atoms with Crippen LogP contribution < -0.4 is 4.74 Å². The van der Waals surface area contributed by atoms with Gasteiger partial charge in [0.05, 0.1) is 0 Å². The van der Waals surface area contributed by atoms with Gasteiger partial charge < -0.3 is 9.64 Å². The molecule has 27 heavy (non-hydrogen) atoms. The third kappa shape index (κ3) is 6.09. The van der Waals surface area contributed by atoms with Gasteiger partial charge in [0, 0.05) is 31.9 Å². The maximum absolute atomic E-state index is 12.2. The van der Waals surface area contributed by atoms with Crippen LogP contribution in [0.2, 0.25) is 0 Å². The molecular formula is C23H30N2O2. The molecule has 1 saturated heterocycles. The number of carbonyl (C=O) groups excluding carboxylic acids is 1. The first-order chi connectivity index (χ1) is 13.1. The van der Waals surface area contributed by atoms with E-state index in [-0.39, 0.29) is 0 Å². The first kappa shape index (κ1) is 19.4. The van der Waals surface area contributed by atoms with Crippen LogP contribution in [-0.4, -0.2) is 28.9 Å². The topological polar surface area (TPSA) is 42.4 Å². The van der Waals surface area contributed by atoms with E-state index in [9.17, 15) is 4.79 Å². The summed E-state index contributed by atoms with van der Waals surface area (Å²) < 4.78 is 5.77. The minimum atomic E-state index is 0.321. The predicted molar refractivity (Wildman–Crippen MR) is 107 cm³/mol. The SMILES string of the molecule is CC(C)CC(=O)N1CCC(Cc2ccc(COc3ccncc3)cc2)CC1. The Kier molecular flexibility index (Phi) is 6.86. The molecule has 0 bridgehead atoms. The molecule has 2 aromatic rings. The molecule has 0 spiro atoms. The van der Waals surface area contributed by atoms with Crippen LogP contribution >= 0.6 is 0 Å². The number of benzene rings is 1. The zero-order chi connectivity index (χ0) is 19.1. The number of nitrogens with zero attached hydrogens (tertiary/aromatic N) is 2. The van der Waals surface area contributed by atoms with E-state index in [4.69, 9.17) is 4.74 Å². The van der Waals surface area contributed by atoms with Gasteiger partial charge in [-0.3, -0.25) is 9.78 Å². The average Bonchev–Trinajstić information content (AvgIpc) is 2.68. The standard InChI is InChI=1S/C23H30N2O2/c1-18(2)15-23(26)25-13-9-20(10-14-25)16-19-3-5-21(6-4-19)17-27-22-7-11-24-12-8-22/h3-8,11-12,18,20H,9-10,13-17H2,1-2H3. The number of hydrogen-bond acceptors (Lipinski definition) is 3. The number of likely N-dealkylation sites (tertiary alicyclic amines) is 1. The van der Waals surface area contributed by atoms with Crippen molar-refractivity contribution < 1.29 is 9.53 Å². The normalized spacial score (nSPS) is 15.1. The van der Waals surface area contributed by atoms with Gasteiger partial charge in [0.2, 0.25) is 5.91 Å². The molecule has 0 aliphatic carbocycles. The van der Waals surface area contributed by atoms with Crippen molar-refractivity contribution in [1.29, 1.82) is 0 Å². The lowest BCUT2D eigenvalue weighted by atomic mass is 9.89. The minimum absolute atomic E-state index is 0.321. The van der Waals surface area contributed by atoms with E-state index in [0.717, 1.165) is 38.1 Å². The van der Waals surface area contributed by atoms with Gasteiger partial charge >= 0.3 is 0 Å². The number of piperidine rings is 1. The summed E-state index contributed by atoms with van der Waals surface area (Å²) in [6.07, 6.45) is 7.46. The summed E-state index contributed by atoms with van der Waals surface area (Å²) in [5, 5.41) is 0. The lowest BCUT2D eigenvalue weighted by Gasteiger charge is -2.32. The Morgan fingerprint density at radius 2 is 1.70 bits per heavy atom. The summed E-state index contributed by atoms with van der Waals surface area (Å²) >= 11 is 0. The predicted octanol–water partition coefficient (Wildman–Crippen LogP) is 4.49. The molecule has 4 nitrogen and oxygen atoms in total. The highest BCUT2D eigenvalue weighted by Gasteiger charge is 2.23. The first-order valence-electron chi connectivity index (χ1n) is 9.98. The largest absolute Gasteiger partial charge is 0.489 e. The van der Waals surface area contributed by atoms with Gasteiger partial charge in [-0.25, -0.2) is 0 Å². The van der Waals surface area contributed by atoms with Crippen molar-refractivity contribution in [3.8, 4) is 5.75 Å². The Balaban J connectivity index is 1.43. The van der Waals surface area contributed by atoms with Crippen LogP contribution in [0.25, 0.3) is 0 Å². The molecule has 0 saturated carbocycles. The van der Waals surface area contributed by atoms with Gasteiger partial charge in [-0.1, -0.05) is 38.1 Å². The number of pyridine rings is 1. The van der Waals surface area contributed by atoms with Crippen molar-refractivity contribution in [3.63, 3.8) is 0 Å². The van der Waals surface area contributed by atoms with Crippen LogP contribution in [-0.2, 0) is 17.8 Å². The highest BCUT2D eigenvalue weighted by Crippen LogP contribution is 2.23. The summed E-state index contributed by atoms with van der Waals surface area (Å²) in [6, 6.07) is 12.5. The van der Waals surface area contributed by atoms with E-state index in [1.54, 1.807) is 12.4 Å². The summed E-state index contributed by atoms with van der Waals surface area (Å²) in [6.45, 7) is 6.61. The lowest BCUT2D eigenvalue weighted by molar-refractivity contribution is -0.133. The molecule has 2 heterocycles. The van der Waals surface area contributed by atoms with Crippen LogP contribution in [0.1, 0.15) is 44.2 Å². The third-order valence-electron chi connectivity index (χ3n) is 5.15. The molecule has 1 amide bonds. The second-order valence-corrected chi connectivity index (χ2v) is 7.91. The summed E-state index contributed by atoms with van der Waals surface area (Å²) in [5.41, 5.74) is 2.54. The van der Waals surface area contributed by atoms with Gasteiger partial charge in [-0.05, 0) is 54.4 Å². The molecule has 0 atom stereocenters. The molecule has 0 N–H and O–H groups in total. The quantitative estimate of drug-likeness (QED) is 0.725. The number of carbonyl (C=O) groups is 1. The maximum atomic E-state index is 12.2. The minimum Gasteiger partial charge on any atom is -0.489 e. The molecule has 144 valence electrons. The van der Waals surface area contributed by atoms with E-state index in [2.05, 4.69) is 48.0 Å². The molecule has 1 aliphatic rings. The van der Waals surface area contributed by atoms with Gasteiger partial charge in [0.1, 0.15) is 12.4 Å². The number of aromatic nitrogens is 1. The van der Waals surface area contributed by atoms with E-state index in [1.165, 1.54) is 11.1 Å². The van der Waals surface area contributed by atoms with Crippen molar-refractivity contribution in [2.45, 2.75) is 46.1 Å². The van der Waals surface area contributed by atoms with E-state index in [1.807, 2.05) is 12.1 Å². The van der Waals surface area contributed by atoms with Crippen molar-refractivity contribution in [1.82, 2.24) is 9.88 Å². The number of hydrogen-bond donors (Lipinski definition) is 0. The highest BCUT2D eigenvalue weighted by molar-refractivity contribution is 5.76. The van der Waals surface area contributed by atoms with Gasteiger partial charge in [0.25, 0.3) is 0 Å². The molecular weight excluding hydrogens is 336 g/mol. The van der Waals surface area contributed by atoms with Crippen molar-refractivity contribution in [2.24, 2.45) is 11.8 Å². The maximum Gasteiger partial charge on any atom is 0.222 e. The molecule has 1 aromatic carbocycles. The number of rotatable bonds is 7. The fraction of sp³-hybridized carbons (Fsp3) is 0.478. The Bertz CT molecular complexity index is 705. The Morgan fingerprint density at radius 1 is 1.07 bits per heavy atom. The van der Waals surface area contributed by atoms with E-state index in [0.29, 0.717) is 30.8 Å². The van der Waals surface area contributed by atoms with Gasteiger partial charge in [0.15, 0.2) is 0 Å². The smallest absolute Gasteiger partial charge is 0.222 e. The molecule has 1 aliphatic heterocycles. The van der Waals surface area contributed by atoms with Crippen LogP contribution in [0.3, 0.4) is 0 Å². The number of ether oxygens (including phenoxy) is 1. The fourth-order valence-electron chi connectivity index (χ4n) is 3.57. The van der Waals surface area contributed by atoms with Crippen molar-refractivity contribution >= 4 is 5.91 Å². The Labute approximate surface area is 162 Å². The molecule has 1 fully saturated rings. The Hall–Kier alpha value is -2.36. The van der Waals surface area contributed by atoms with E-state index < -0.39 is 0 Å². The summed E-state index contributed by atoms with van der Waals surface area (Å²) in [7, 11) is 0. The molecule has 0 radical (unpaired) electrons. The second kappa shape index (κ2) is 9.54. The first-order valence-corrected chi connectivity index (χ1v) is 9.98. The highest BCUT2D eigenvalue weighted by atomic mass is 16.5. The zero-order valence-corrected chi connectivity index (χ0v) is 16.4. The van der Waals surface area contributed by atoms with Crippen molar-refractivity contribution in [2.75, 3.05) is 13.1 Å². The molecule has 1 aromatic heterocycles. The van der Waals surface area contributed by atoms with Gasteiger partial charge in [-0.15, -0.1) is 0 Å². The van der Waals surface area contributed by atoms with Crippen LogP contribution in [0.5, 0.6) is 5.75 Å². The fourth-order valence-corrected chi connectivity index (χ4v) is 3.57. The molecule has 4 heteroatoms. The summed E-state index contributed by atoms with van der Waals surface area (Å²) in [5.74, 6) is 2.28. The monoisotopic (exact) mass is 366 g/mol. The van der Waals surface area contributed by atoms with Crippen molar-refractivity contribution in [3.05, 3.63) is 59.9 Å². The average molecular weight is 367 g/mol. The van der Waals surface area contributed by atoms with E-state index >= 15 is 0 Å². The number of amides is 1. The lowest BCUT2D eigenvalue weighted by Crippen LogP contribution is -2.39. The molecule has 0 unspecified atom stereocenters. The Morgan fingerprint density at radius 3 is 2.33 bits per heavy atom. The van der Waals surface area contributed by atoms with Crippen LogP contribution in [0.15, 0.2) is 48.8 Å².